The van der Waals surface area contributed by atoms with E-state index in [1.54, 1.807) is 18.1 Å². The Morgan fingerprint density at radius 2 is 1.83 bits per heavy atom. The monoisotopic (exact) mass is 393 g/mol. The zero-order valence-electron chi connectivity index (χ0n) is 16.3. The highest BCUT2D eigenvalue weighted by Crippen LogP contribution is 2.24. The second-order valence-electron chi connectivity index (χ2n) is 7.23. The third-order valence-electron chi connectivity index (χ3n) is 5.38. The first kappa shape index (κ1) is 19.1. The highest BCUT2D eigenvalue weighted by atomic mass is 16.5. The number of benzene rings is 2. The van der Waals surface area contributed by atoms with Crippen LogP contribution in [0.25, 0.3) is 10.8 Å². The number of ether oxygens (including phenoxy) is 2. The predicted octanol–water partition coefficient (Wildman–Crippen LogP) is 4.04. The number of rotatable bonds is 5. The van der Waals surface area contributed by atoms with Crippen molar-refractivity contribution in [1.29, 1.82) is 0 Å². The fourth-order valence-corrected chi connectivity index (χ4v) is 3.65. The molecular weight excluding hydrogens is 370 g/mol. The van der Waals surface area contributed by atoms with E-state index in [-0.39, 0.29) is 24.4 Å². The van der Waals surface area contributed by atoms with Crippen molar-refractivity contribution in [2.24, 2.45) is 5.92 Å². The van der Waals surface area contributed by atoms with Crippen molar-refractivity contribution in [3.8, 4) is 5.75 Å². The molecular formula is C23H23NO5. The van der Waals surface area contributed by atoms with Crippen LogP contribution in [0.3, 0.4) is 0 Å². The number of hydrogen-bond donors (Lipinski definition) is 0. The molecule has 0 unspecified atom stereocenters. The van der Waals surface area contributed by atoms with Gasteiger partial charge in [0.2, 0.25) is 0 Å². The number of carbonyl (C=O) groups excluding carboxylic acids is 2. The van der Waals surface area contributed by atoms with Gasteiger partial charge in [0, 0.05) is 13.1 Å². The van der Waals surface area contributed by atoms with Gasteiger partial charge in [-0.3, -0.25) is 9.59 Å². The maximum Gasteiger partial charge on any atom is 0.309 e. The van der Waals surface area contributed by atoms with E-state index in [1.807, 2.05) is 36.4 Å². The molecule has 0 atom stereocenters. The van der Waals surface area contributed by atoms with E-state index >= 15 is 0 Å². The summed E-state index contributed by atoms with van der Waals surface area (Å²) in [5.74, 6) is 0.385. The summed E-state index contributed by atoms with van der Waals surface area (Å²) in [4.78, 5) is 26.6. The molecule has 6 nitrogen and oxygen atoms in total. The topological polar surface area (TPSA) is 69.0 Å². The summed E-state index contributed by atoms with van der Waals surface area (Å²) in [5.41, 5.74) is 1.49. The highest BCUT2D eigenvalue weighted by Gasteiger charge is 2.29. The lowest BCUT2D eigenvalue weighted by Crippen LogP contribution is -2.40. The first-order chi connectivity index (χ1) is 14.1. The molecule has 0 radical (unpaired) electrons. The van der Waals surface area contributed by atoms with Gasteiger partial charge >= 0.3 is 5.97 Å². The molecule has 2 heterocycles. The summed E-state index contributed by atoms with van der Waals surface area (Å²) in [6, 6.07) is 13.5. The van der Waals surface area contributed by atoms with Crippen LogP contribution in [-0.4, -0.2) is 37.0 Å². The summed E-state index contributed by atoms with van der Waals surface area (Å²) in [7, 11) is 1.65. The van der Waals surface area contributed by atoms with Gasteiger partial charge < -0.3 is 18.8 Å². The van der Waals surface area contributed by atoms with Crippen molar-refractivity contribution < 1.29 is 23.5 Å². The number of fused-ring (bicyclic) bond motifs is 1. The summed E-state index contributed by atoms with van der Waals surface area (Å²) in [5, 5.41) is 2.15. The van der Waals surface area contributed by atoms with Crippen LogP contribution in [0, 0.1) is 5.92 Å². The lowest BCUT2D eigenvalue weighted by Gasteiger charge is -2.30. The van der Waals surface area contributed by atoms with Gasteiger partial charge in [0.15, 0.2) is 0 Å². The minimum atomic E-state index is -0.199. The lowest BCUT2D eigenvalue weighted by molar-refractivity contribution is -0.151. The van der Waals surface area contributed by atoms with E-state index in [2.05, 4.69) is 0 Å². The Morgan fingerprint density at radius 1 is 1.07 bits per heavy atom. The molecule has 6 heteroatoms. The lowest BCUT2D eigenvalue weighted by atomic mass is 9.96. The average Bonchev–Trinajstić information content (AvgIpc) is 3.31. The number of likely N-dealkylation sites (tertiary alicyclic amines) is 1. The van der Waals surface area contributed by atoms with E-state index in [4.69, 9.17) is 13.9 Å². The van der Waals surface area contributed by atoms with Crippen molar-refractivity contribution in [1.82, 2.24) is 4.90 Å². The molecule has 0 spiro atoms. The van der Waals surface area contributed by atoms with Crippen molar-refractivity contribution in [3.63, 3.8) is 0 Å². The smallest absolute Gasteiger partial charge is 0.309 e. The largest absolute Gasteiger partial charge is 0.497 e. The maximum absolute atomic E-state index is 12.5. The van der Waals surface area contributed by atoms with Crippen molar-refractivity contribution in [2.75, 3.05) is 20.2 Å². The van der Waals surface area contributed by atoms with Gasteiger partial charge in [-0.05, 0) is 53.4 Å². The Morgan fingerprint density at radius 3 is 2.55 bits per heavy atom. The number of furan rings is 1. The van der Waals surface area contributed by atoms with Crippen LogP contribution in [0.1, 0.15) is 28.8 Å². The van der Waals surface area contributed by atoms with Gasteiger partial charge in [-0.2, -0.15) is 0 Å². The van der Waals surface area contributed by atoms with Gasteiger partial charge in [0.05, 0.1) is 24.9 Å². The molecule has 1 aromatic heterocycles. The van der Waals surface area contributed by atoms with Gasteiger partial charge in [0.1, 0.15) is 18.6 Å². The minimum Gasteiger partial charge on any atom is -0.497 e. The number of piperidine rings is 1. The number of nitrogens with zero attached hydrogens (tertiary/aromatic N) is 1. The van der Waals surface area contributed by atoms with Crippen LogP contribution in [0.4, 0.5) is 0 Å². The van der Waals surface area contributed by atoms with E-state index in [9.17, 15) is 9.59 Å². The molecule has 0 bridgehead atoms. The van der Waals surface area contributed by atoms with Gasteiger partial charge in [-0.15, -0.1) is 0 Å². The molecule has 0 saturated carbocycles. The van der Waals surface area contributed by atoms with E-state index in [0.29, 0.717) is 31.5 Å². The molecule has 29 heavy (non-hydrogen) atoms. The standard InChI is InChI=1S/C23H23NO5/c1-27-21-5-4-18-12-16(2-3-19(18)13-21)14-29-23(26)17-6-9-24(10-7-17)22(25)20-8-11-28-15-20/h2-5,8,11-13,15,17H,6-7,9-10,14H2,1H3. The molecule has 1 aliphatic heterocycles. The predicted molar refractivity (Wildman–Crippen MR) is 108 cm³/mol. The number of carbonyl (C=O) groups is 2. The highest BCUT2D eigenvalue weighted by molar-refractivity contribution is 5.94. The number of methoxy groups -OCH3 is 1. The SMILES string of the molecule is COc1ccc2cc(COC(=O)C3CCN(C(=O)c4ccoc4)CC3)ccc2c1. The van der Waals surface area contributed by atoms with Gasteiger partial charge in [-0.25, -0.2) is 0 Å². The minimum absolute atomic E-state index is 0.0571. The average molecular weight is 393 g/mol. The van der Waals surface area contributed by atoms with E-state index in [0.717, 1.165) is 22.1 Å². The summed E-state index contributed by atoms with van der Waals surface area (Å²) in [6.07, 6.45) is 4.16. The molecule has 150 valence electrons. The molecule has 4 rings (SSSR count). The molecule has 1 fully saturated rings. The quantitative estimate of drug-likeness (QED) is 0.612. The Hall–Kier alpha value is -3.28. The number of esters is 1. The Balaban J connectivity index is 1.30. The van der Waals surface area contributed by atoms with Gasteiger partial charge in [0.25, 0.3) is 5.91 Å². The van der Waals surface area contributed by atoms with Crippen molar-refractivity contribution >= 4 is 22.6 Å². The normalized spacial score (nSPS) is 14.7. The summed E-state index contributed by atoms with van der Waals surface area (Å²) < 4.78 is 15.8. The fourth-order valence-electron chi connectivity index (χ4n) is 3.65. The van der Waals surface area contributed by atoms with E-state index < -0.39 is 0 Å². The first-order valence-electron chi connectivity index (χ1n) is 9.69. The second kappa shape index (κ2) is 8.39. The molecule has 1 aliphatic rings. The van der Waals surface area contributed by atoms with Crippen LogP contribution < -0.4 is 4.74 Å². The van der Waals surface area contributed by atoms with Crippen LogP contribution >= 0.6 is 0 Å². The van der Waals surface area contributed by atoms with E-state index in [1.165, 1.54) is 12.5 Å². The molecule has 1 amide bonds. The molecule has 1 saturated heterocycles. The molecule has 0 N–H and O–H groups in total. The molecule has 3 aromatic rings. The second-order valence-corrected chi connectivity index (χ2v) is 7.23. The number of amides is 1. The van der Waals surface area contributed by atoms with Crippen LogP contribution in [-0.2, 0) is 16.1 Å². The Labute approximate surface area is 169 Å². The zero-order chi connectivity index (χ0) is 20.2. The summed E-state index contributed by atoms with van der Waals surface area (Å²) >= 11 is 0. The van der Waals surface area contributed by atoms with Crippen molar-refractivity contribution in [3.05, 3.63) is 66.1 Å². The molecule has 2 aromatic carbocycles. The van der Waals surface area contributed by atoms with Crippen LogP contribution in [0.15, 0.2) is 59.4 Å². The van der Waals surface area contributed by atoms with Gasteiger partial charge in [-0.1, -0.05) is 18.2 Å². The first-order valence-corrected chi connectivity index (χ1v) is 9.69. The maximum atomic E-state index is 12.5. The summed E-state index contributed by atoms with van der Waals surface area (Å²) in [6.45, 7) is 1.33. The Kier molecular flexibility index (Phi) is 5.51. The fraction of sp³-hybridized carbons (Fsp3) is 0.304. The number of hydrogen-bond acceptors (Lipinski definition) is 5. The third kappa shape index (κ3) is 4.26. The third-order valence-corrected chi connectivity index (χ3v) is 5.38. The van der Waals surface area contributed by atoms with Crippen molar-refractivity contribution in [2.45, 2.75) is 19.4 Å². The van der Waals surface area contributed by atoms with Crippen LogP contribution in [0.5, 0.6) is 5.75 Å². The molecule has 0 aliphatic carbocycles. The zero-order valence-corrected chi connectivity index (χ0v) is 16.3. The van der Waals surface area contributed by atoms with Crippen LogP contribution in [0.2, 0.25) is 0 Å². The Bertz CT molecular complexity index is 1000.